The molecule has 10 heteroatoms. The summed E-state index contributed by atoms with van der Waals surface area (Å²) >= 11 is 13.2. The maximum atomic E-state index is 14.7. The minimum atomic E-state index is -0.0520. The van der Waals surface area contributed by atoms with Gasteiger partial charge < -0.3 is 19.3 Å². The number of ether oxygens (including phenoxy) is 2. The highest BCUT2D eigenvalue weighted by Crippen LogP contribution is 2.45. The third-order valence-corrected chi connectivity index (χ3v) is 11.5. The molecule has 3 amide bonds. The van der Waals surface area contributed by atoms with Crippen molar-refractivity contribution in [2.75, 3.05) is 33.3 Å². The second-order valence-electron chi connectivity index (χ2n) is 13.6. The van der Waals surface area contributed by atoms with Crippen LogP contribution >= 0.6 is 23.2 Å². The quantitative estimate of drug-likeness (QED) is 0.343. The van der Waals surface area contributed by atoms with Gasteiger partial charge in [0, 0.05) is 63.3 Å². The summed E-state index contributed by atoms with van der Waals surface area (Å²) in [4.78, 5) is 38.3. The SMILES string of the molecule is COC1CCC(C2=N[C@@H](C3CCC(Cl)CC3)[C@@H](C3CCC(Cl)CC3)N2C(=O)N2CCN(C(C)=O)CC2)C(OC(C)C)C1. The molecule has 0 radical (unpaired) electrons. The molecule has 0 aromatic carbocycles. The van der Waals surface area contributed by atoms with Crippen LogP contribution in [0.4, 0.5) is 4.79 Å². The van der Waals surface area contributed by atoms with E-state index in [0.717, 1.165) is 76.5 Å². The number of methoxy groups -OCH3 is 1. The molecule has 238 valence electrons. The van der Waals surface area contributed by atoms with E-state index < -0.39 is 0 Å². The Bertz CT molecular complexity index is 958. The monoisotopic (exact) mass is 626 g/mol. The molecule has 3 unspecified atom stereocenters. The van der Waals surface area contributed by atoms with E-state index in [1.165, 1.54) is 0 Å². The normalized spacial score (nSPS) is 38.1. The molecule has 0 aromatic rings. The molecular formula is C32H52Cl2N4O4. The molecule has 42 heavy (non-hydrogen) atoms. The lowest BCUT2D eigenvalue weighted by Crippen LogP contribution is -2.60. The van der Waals surface area contributed by atoms with Crippen molar-refractivity contribution in [2.24, 2.45) is 22.7 Å². The summed E-state index contributed by atoms with van der Waals surface area (Å²) in [7, 11) is 1.79. The lowest BCUT2D eigenvalue weighted by Gasteiger charge is -2.45. The van der Waals surface area contributed by atoms with Crippen LogP contribution < -0.4 is 0 Å². The van der Waals surface area contributed by atoms with E-state index in [4.69, 9.17) is 37.7 Å². The fraction of sp³-hybridized carbons (Fsp3) is 0.906. The number of nitrogens with zero attached hydrogens (tertiary/aromatic N) is 4. The lowest BCUT2D eigenvalue weighted by atomic mass is 9.74. The van der Waals surface area contributed by atoms with Gasteiger partial charge in [0.15, 0.2) is 0 Å². The highest BCUT2D eigenvalue weighted by atomic mass is 35.5. The molecule has 0 spiro atoms. The fourth-order valence-electron chi connectivity index (χ4n) is 8.28. The van der Waals surface area contributed by atoms with E-state index in [1.807, 2.05) is 9.80 Å². The maximum Gasteiger partial charge on any atom is 0.325 e. The number of amidine groups is 1. The minimum absolute atomic E-state index is 0.0271. The Morgan fingerprint density at radius 2 is 1.40 bits per heavy atom. The van der Waals surface area contributed by atoms with Crippen LogP contribution in [-0.4, -0.2) is 107 Å². The van der Waals surface area contributed by atoms with Crippen molar-refractivity contribution in [3.05, 3.63) is 0 Å². The second-order valence-corrected chi connectivity index (χ2v) is 14.9. The predicted octanol–water partition coefficient (Wildman–Crippen LogP) is 5.93. The van der Waals surface area contributed by atoms with E-state index in [2.05, 4.69) is 18.7 Å². The van der Waals surface area contributed by atoms with E-state index in [1.54, 1.807) is 14.0 Å². The topological polar surface area (TPSA) is 74.7 Å². The first-order valence-corrected chi connectivity index (χ1v) is 17.4. The number of halogens is 2. The van der Waals surface area contributed by atoms with Crippen molar-refractivity contribution in [3.8, 4) is 0 Å². The predicted molar refractivity (Wildman–Crippen MR) is 167 cm³/mol. The fourth-order valence-corrected chi connectivity index (χ4v) is 8.78. The molecule has 8 nitrogen and oxygen atoms in total. The molecule has 1 saturated heterocycles. The number of urea groups is 1. The van der Waals surface area contributed by atoms with Crippen molar-refractivity contribution >= 4 is 41.0 Å². The third-order valence-electron chi connectivity index (χ3n) is 10.6. The average molecular weight is 628 g/mol. The lowest BCUT2D eigenvalue weighted by molar-refractivity contribution is -0.130. The van der Waals surface area contributed by atoms with E-state index in [-0.39, 0.29) is 59.0 Å². The first kappa shape index (κ1) is 32.3. The molecule has 0 bridgehead atoms. The van der Waals surface area contributed by atoms with E-state index in [9.17, 15) is 9.59 Å². The smallest absolute Gasteiger partial charge is 0.325 e. The van der Waals surface area contributed by atoms with Gasteiger partial charge in [-0.25, -0.2) is 4.79 Å². The molecule has 2 heterocycles. The van der Waals surface area contributed by atoms with Gasteiger partial charge in [0.25, 0.3) is 0 Å². The molecule has 4 fully saturated rings. The summed E-state index contributed by atoms with van der Waals surface area (Å²) in [5.41, 5.74) is 0. The van der Waals surface area contributed by atoms with Crippen LogP contribution in [0, 0.1) is 17.8 Å². The molecular weight excluding hydrogens is 575 g/mol. The van der Waals surface area contributed by atoms with Crippen LogP contribution in [0.3, 0.4) is 0 Å². The Balaban J connectivity index is 1.50. The van der Waals surface area contributed by atoms with E-state index >= 15 is 0 Å². The van der Waals surface area contributed by atoms with Crippen molar-refractivity contribution in [3.63, 3.8) is 0 Å². The molecule has 3 saturated carbocycles. The Labute approximate surface area is 262 Å². The van der Waals surface area contributed by atoms with Gasteiger partial charge in [-0.1, -0.05) is 0 Å². The van der Waals surface area contributed by atoms with Gasteiger partial charge in [-0.2, -0.15) is 0 Å². The molecule has 0 N–H and O–H groups in total. The first-order chi connectivity index (χ1) is 20.2. The Morgan fingerprint density at radius 3 is 1.95 bits per heavy atom. The van der Waals surface area contributed by atoms with Gasteiger partial charge >= 0.3 is 6.03 Å². The summed E-state index contributed by atoms with van der Waals surface area (Å²) in [6.45, 7) is 8.03. The molecule has 0 aromatic heterocycles. The van der Waals surface area contributed by atoms with Crippen LogP contribution in [0.25, 0.3) is 0 Å². The van der Waals surface area contributed by atoms with E-state index in [0.29, 0.717) is 38.0 Å². The Hall–Kier alpha value is -1.09. The third kappa shape index (κ3) is 7.24. The highest BCUT2D eigenvalue weighted by molar-refractivity contribution is 6.20. The van der Waals surface area contributed by atoms with Crippen LogP contribution in [0.5, 0.6) is 0 Å². The largest absolute Gasteiger partial charge is 0.381 e. The van der Waals surface area contributed by atoms with Gasteiger partial charge in [0.1, 0.15) is 5.84 Å². The molecule has 5 atom stereocenters. The number of carbonyl (C=O) groups is 2. The zero-order valence-corrected chi connectivity index (χ0v) is 27.6. The van der Waals surface area contributed by atoms with Crippen molar-refractivity contribution < 1.29 is 19.1 Å². The zero-order chi connectivity index (χ0) is 30.0. The van der Waals surface area contributed by atoms with Crippen LogP contribution in [0.2, 0.25) is 0 Å². The van der Waals surface area contributed by atoms with Gasteiger partial charge in [0.05, 0.1) is 30.4 Å². The zero-order valence-electron chi connectivity index (χ0n) is 26.1. The maximum absolute atomic E-state index is 14.7. The molecule has 3 aliphatic carbocycles. The summed E-state index contributed by atoms with van der Waals surface area (Å²) in [6, 6.07) is 0.156. The number of hydrogen-bond donors (Lipinski definition) is 0. The number of piperazine rings is 1. The number of rotatable bonds is 6. The summed E-state index contributed by atoms with van der Waals surface area (Å²) < 4.78 is 12.4. The molecule has 5 rings (SSSR count). The van der Waals surface area contributed by atoms with Crippen molar-refractivity contribution in [1.29, 1.82) is 0 Å². The first-order valence-electron chi connectivity index (χ1n) is 16.5. The standard InChI is InChI=1S/C32H52Cl2N4O4/c1-20(2)42-28-19-26(41-4)13-14-27(28)31-35-29(22-5-9-24(33)10-6-22)30(23-7-11-25(34)12-8-23)38(31)32(40)37-17-15-36(16-18-37)21(3)39/h20,22-30H,5-19H2,1-4H3/t22?,23?,24?,25?,26?,27?,28?,29-,30+/m0/s1. The molecule has 2 aliphatic heterocycles. The summed E-state index contributed by atoms with van der Waals surface area (Å²) in [5, 5.41) is 0.449. The van der Waals surface area contributed by atoms with Crippen LogP contribution in [0.15, 0.2) is 4.99 Å². The summed E-state index contributed by atoms with van der Waals surface area (Å²) in [6.07, 6.45) is 10.9. The number of hydrogen-bond acceptors (Lipinski definition) is 5. The number of aliphatic imine (C=N–C) groups is 1. The van der Waals surface area contributed by atoms with Gasteiger partial charge in [0.2, 0.25) is 5.91 Å². The highest BCUT2D eigenvalue weighted by Gasteiger charge is 2.52. The summed E-state index contributed by atoms with van der Waals surface area (Å²) in [5.74, 6) is 1.83. The Morgan fingerprint density at radius 1 is 0.833 bits per heavy atom. The average Bonchev–Trinajstić information content (AvgIpc) is 3.37. The number of alkyl halides is 2. The minimum Gasteiger partial charge on any atom is -0.381 e. The number of amides is 3. The van der Waals surface area contributed by atoms with Crippen LogP contribution in [-0.2, 0) is 14.3 Å². The van der Waals surface area contributed by atoms with Crippen molar-refractivity contribution in [1.82, 2.24) is 14.7 Å². The van der Waals surface area contributed by atoms with Gasteiger partial charge in [-0.3, -0.25) is 14.7 Å². The van der Waals surface area contributed by atoms with Gasteiger partial charge in [-0.15, -0.1) is 23.2 Å². The Kier molecular flexibility index (Phi) is 11.0. The molecule has 5 aliphatic rings. The second kappa shape index (κ2) is 14.3. The van der Waals surface area contributed by atoms with Crippen LogP contribution in [0.1, 0.15) is 91.4 Å². The number of carbonyl (C=O) groups excluding carboxylic acids is 2. The van der Waals surface area contributed by atoms with Crippen molar-refractivity contribution in [2.45, 2.75) is 133 Å². The van der Waals surface area contributed by atoms with Gasteiger partial charge in [-0.05, 0) is 89.9 Å².